The van der Waals surface area contributed by atoms with Crippen LogP contribution >= 0.6 is 0 Å². The highest BCUT2D eigenvalue weighted by molar-refractivity contribution is 5.78. The number of nitrogens with one attached hydrogen (secondary N) is 2. The van der Waals surface area contributed by atoms with Crippen LogP contribution in [0.4, 0.5) is 0 Å². The lowest BCUT2D eigenvalue weighted by molar-refractivity contribution is -0.120. The van der Waals surface area contributed by atoms with E-state index in [1.807, 2.05) is 0 Å². The van der Waals surface area contributed by atoms with Gasteiger partial charge in [-0.3, -0.25) is 4.79 Å². The lowest BCUT2D eigenvalue weighted by Gasteiger charge is -2.23. The highest BCUT2D eigenvalue weighted by atomic mass is 16.5. The third kappa shape index (κ3) is 6.36. The third-order valence-corrected chi connectivity index (χ3v) is 3.68. The normalized spacial score (nSPS) is 22.2. The first kappa shape index (κ1) is 14.8. The molecule has 0 bridgehead atoms. The van der Waals surface area contributed by atoms with Gasteiger partial charge in [0, 0.05) is 12.6 Å². The molecular weight excluding hydrogens is 244 g/mol. The zero-order chi connectivity index (χ0) is 13.5. The van der Waals surface area contributed by atoms with E-state index in [0.29, 0.717) is 25.3 Å². The number of hydrogen-bond donors (Lipinski definition) is 3. The summed E-state index contributed by atoms with van der Waals surface area (Å²) in [5.41, 5.74) is 0. The molecule has 1 amide bonds. The molecule has 5 heteroatoms. The molecule has 0 aliphatic heterocycles. The van der Waals surface area contributed by atoms with Gasteiger partial charge < -0.3 is 20.5 Å². The maximum Gasteiger partial charge on any atom is 0.234 e. The van der Waals surface area contributed by atoms with Crippen molar-refractivity contribution in [2.75, 3.05) is 19.7 Å². The fraction of sp³-hybridized carbons (Fsp3) is 0.929. The fourth-order valence-corrected chi connectivity index (χ4v) is 2.40. The van der Waals surface area contributed by atoms with Gasteiger partial charge in [0.1, 0.15) is 0 Å². The average molecular weight is 270 g/mol. The third-order valence-electron chi connectivity index (χ3n) is 3.68. The monoisotopic (exact) mass is 270 g/mol. The zero-order valence-electron chi connectivity index (χ0n) is 11.6. The first-order valence-corrected chi connectivity index (χ1v) is 7.54. The van der Waals surface area contributed by atoms with Crippen LogP contribution in [-0.2, 0) is 9.53 Å². The Kier molecular flexibility index (Phi) is 6.07. The van der Waals surface area contributed by atoms with Gasteiger partial charge in [0.25, 0.3) is 0 Å². The van der Waals surface area contributed by atoms with Crippen LogP contribution in [0.15, 0.2) is 0 Å². The van der Waals surface area contributed by atoms with Crippen LogP contribution < -0.4 is 10.6 Å². The van der Waals surface area contributed by atoms with Crippen molar-refractivity contribution in [1.82, 2.24) is 10.6 Å². The molecule has 0 aromatic heterocycles. The van der Waals surface area contributed by atoms with Gasteiger partial charge in [0.05, 0.1) is 25.4 Å². The Morgan fingerprint density at radius 2 is 1.95 bits per heavy atom. The van der Waals surface area contributed by atoms with Crippen molar-refractivity contribution >= 4 is 5.91 Å². The number of aliphatic hydroxyl groups excluding tert-OH is 1. The summed E-state index contributed by atoms with van der Waals surface area (Å²) in [6.45, 7) is 1.05. The SMILES string of the molecule is O=C(CNCC(O)COC1CCCCC1)NC1CC1. The number of carbonyl (C=O) groups is 1. The molecule has 2 aliphatic carbocycles. The molecule has 2 rings (SSSR count). The predicted molar refractivity (Wildman–Crippen MR) is 72.9 cm³/mol. The predicted octanol–water partition coefficient (Wildman–Crippen LogP) is 0.565. The molecule has 2 saturated carbocycles. The molecule has 3 N–H and O–H groups in total. The first-order valence-electron chi connectivity index (χ1n) is 7.54. The topological polar surface area (TPSA) is 70.6 Å². The number of hydrogen-bond acceptors (Lipinski definition) is 4. The molecule has 5 nitrogen and oxygen atoms in total. The Hall–Kier alpha value is -0.650. The second-order valence-electron chi connectivity index (χ2n) is 5.72. The van der Waals surface area contributed by atoms with Crippen molar-refractivity contribution in [3.05, 3.63) is 0 Å². The van der Waals surface area contributed by atoms with Crippen LogP contribution in [0.2, 0.25) is 0 Å². The zero-order valence-corrected chi connectivity index (χ0v) is 11.6. The summed E-state index contributed by atoms with van der Waals surface area (Å²) in [6.07, 6.45) is 8.00. The molecule has 0 aromatic rings. The van der Waals surface area contributed by atoms with Gasteiger partial charge in [-0.05, 0) is 25.7 Å². The fourth-order valence-electron chi connectivity index (χ4n) is 2.40. The van der Waals surface area contributed by atoms with E-state index in [1.165, 1.54) is 19.3 Å². The second-order valence-corrected chi connectivity index (χ2v) is 5.72. The van der Waals surface area contributed by atoms with E-state index in [-0.39, 0.29) is 12.5 Å². The smallest absolute Gasteiger partial charge is 0.234 e. The molecule has 0 aromatic carbocycles. The molecule has 0 radical (unpaired) electrons. The Labute approximate surface area is 115 Å². The molecule has 1 atom stereocenters. The number of aliphatic hydroxyl groups is 1. The molecule has 2 fully saturated rings. The highest BCUT2D eigenvalue weighted by Gasteiger charge is 2.23. The van der Waals surface area contributed by atoms with E-state index in [2.05, 4.69) is 10.6 Å². The lowest BCUT2D eigenvalue weighted by Crippen LogP contribution is -2.39. The number of amides is 1. The van der Waals surface area contributed by atoms with Crippen molar-refractivity contribution in [3.8, 4) is 0 Å². The van der Waals surface area contributed by atoms with Gasteiger partial charge in [-0.2, -0.15) is 0 Å². The summed E-state index contributed by atoms with van der Waals surface area (Å²) in [5.74, 6) is 0.0166. The maximum atomic E-state index is 11.4. The van der Waals surface area contributed by atoms with Crippen molar-refractivity contribution < 1.29 is 14.6 Å². The second kappa shape index (κ2) is 7.82. The largest absolute Gasteiger partial charge is 0.389 e. The van der Waals surface area contributed by atoms with E-state index in [0.717, 1.165) is 25.7 Å². The van der Waals surface area contributed by atoms with Gasteiger partial charge in [0.2, 0.25) is 5.91 Å². The summed E-state index contributed by atoms with van der Waals surface area (Å²) in [7, 11) is 0. The maximum absolute atomic E-state index is 11.4. The minimum Gasteiger partial charge on any atom is -0.389 e. The average Bonchev–Trinajstić information content (AvgIpc) is 3.21. The number of carbonyl (C=O) groups excluding carboxylic acids is 1. The summed E-state index contributed by atoms with van der Waals surface area (Å²) in [4.78, 5) is 11.4. The van der Waals surface area contributed by atoms with Gasteiger partial charge in [0.15, 0.2) is 0 Å². The van der Waals surface area contributed by atoms with Crippen molar-refractivity contribution in [1.29, 1.82) is 0 Å². The van der Waals surface area contributed by atoms with Crippen molar-refractivity contribution in [2.45, 2.75) is 63.2 Å². The summed E-state index contributed by atoms with van der Waals surface area (Å²) in [6, 6.07) is 0.397. The summed E-state index contributed by atoms with van der Waals surface area (Å²) >= 11 is 0. The Balaban J connectivity index is 1.46. The van der Waals surface area contributed by atoms with Gasteiger partial charge in [-0.15, -0.1) is 0 Å². The van der Waals surface area contributed by atoms with Crippen LogP contribution in [0.3, 0.4) is 0 Å². The van der Waals surface area contributed by atoms with Crippen molar-refractivity contribution in [3.63, 3.8) is 0 Å². The highest BCUT2D eigenvalue weighted by Crippen LogP contribution is 2.20. The summed E-state index contributed by atoms with van der Waals surface area (Å²) in [5, 5.41) is 15.6. The van der Waals surface area contributed by atoms with Crippen LogP contribution in [0.5, 0.6) is 0 Å². The Morgan fingerprint density at radius 1 is 1.21 bits per heavy atom. The molecule has 1 unspecified atom stereocenters. The number of ether oxygens (including phenoxy) is 1. The summed E-state index contributed by atoms with van der Waals surface area (Å²) < 4.78 is 5.69. The Morgan fingerprint density at radius 3 is 2.63 bits per heavy atom. The van der Waals surface area contributed by atoms with Crippen molar-refractivity contribution in [2.24, 2.45) is 0 Å². The number of rotatable bonds is 8. The van der Waals surface area contributed by atoms with Gasteiger partial charge in [-0.25, -0.2) is 0 Å². The molecule has 110 valence electrons. The van der Waals surface area contributed by atoms with Crippen LogP contribution in [0, 0.1) is 0 Å². The standard InChI is InChI=1S/C14H26N2O3/c17-12(10-19-13-4-2-1-3-5-13)8-15-9-14(18)16-11-6-7-11/h11-13,15,17H,1-10H2,(H,16,18). The minimum absolute atomic E-state index is 0.0166. The lowest BCUT2D eigenvalue weighted by atomic mass is 9.98. The van der Waals surface area contributed by atoms with E-state index >= 15 is 0 Å². The van der Waals surface area contributed by atoms with Crippen LogP contribution in [0.25, 0.3) is 0 Å². The molecule has 19 heavy (non-hydrogen) atoms. The van der Waals surface area contributed by atoms with E-state index < -0.39 is 6.10 Å². The van der Waals surface area contributed by atoms with Crippen LogP contribution in [0.1, 0.15) is 44.9 Å². The Bertz CT molecular complexity index is 276. The van der Waals surface area contributed by atoms with Gasteiger partial charge >= 0.3 is 0 Å². The van der Waals surface area contributed by atoms with E-state index in [9.17, 15) is 9.90 Å². The molecular formula is C14H26N2O3. The molecule has 2 aliphatic rings. The first-order chi connectivity index (χ1) is 9.24. The van der Waals surface area contributed by atoms with E-state index in [1.54, 1.807) is 0 Å². The van der Waals surface area contributed by atoms with E-state index in [4.69, 9.17) is 4.74 Å². The quantitative estimate of drug-likeness (QED) is 0.603. The van der Waals surface area contributed by atoms with Gasteiger partial charge in [-0.1, -0.05) is 19.3 Å². The minimum atomic E-state index is -0.532. The molecule has 0 spiro atoms. The molecule has 0 heterocycles. The van der Waals surface area contributed by atoms with Crippen LogP contribution in [-0.4, -0.2) is 49.0 Å². The molecule has 0 saturated heterocycles.